The van der Waals surface area contributed by atoms with E-state index in [2.05, 4.69) is 0 Å². The van der Waals surface area contributed by atoms with Crippen molar-refractivity contribution in [2.75, 3.05) is 6.54 Å². The number of halogens is 2. The van der Waals surface area contributed by atoms with E-state index in [9.17, 15) is 29.3 Å². The number of nitro benzene ring substituents is 1. The Morgan fingerprint density at radius 2 is 1.39 bits per heavy atom. The van der Waals surface area contributed by atoms with Gasteiger partial charge in [0.2, 0.25) is 0 Å². The fraction of sp³-hybridized carbons (Fsp3) is 0.172. The number of rotatable bonds is 8. The Labute approximate surface area is 243 Å². The van der Waals surface area contributed by atoms with E-state index >= 15 is 0 Å². The van der Waals surface area contributed by atoms with Crippen LogP contribution >= 0.6 is 23.2 Å². The third kappa shape index (κ3) is 5.70. The minimum atomic E-state index is -0.761. The molecule has 208 valence electrons. The summed E-state index contributed by atoms with van der Waals surface area (Å²) in [4.78, 5) is 63.9. The number of benzene rings is 3. The highest BCUT2D eigenvalue weighted by Gasteiger charge is 2.51. The van der Waals surface area contributed by atoms with Gasteiger partial charge in [-0.1, -0.05) is 35.4 Å². The zero-order chi connectivity index (χ0) is 29.3. The van der Waals surface area contributed by atoms with E-state index in [1.807, 2.05) is 12.2 Å². The number of nitrogens with zero attached hydrogens (tertiary/aromatic N) is 3. The number of imide groups is 1. The molecule has 12 heteroatoms. The Balaban J connectivity index is 1.38. The van der Waals surface area contributed by atoms with Gasteiger partial charge in [0.05, 0.1) is 26.8 Å². The number of carbonyl (C=O) groups is 4. The number of ether oxygens (including phenoxy) is 1. The molecule has 41 heavy (non-hydrogen) atoms. The summed E-state index contributed by atoms with van der Waals surface area (Å²) in [5.41, 5.74) is 0.169. The van der Waals surface area contributed by atoms with Crippen LogP contribution in [0.25, 0.3) is 0 Å². The van der Waals surface area contributed by atoms with E-state index in [1.54, 1.807) is 0 Å². The van der Waals surface area contributed by atoms with Crippen molar-refractivity contribution in [3.8, 4) is 11.5 Å². The summed E-state index contributed by atoms with van der Waals surface area (Å²) in [7, 11) is 0. The zero-order valence-corrected chi connectivity index (χ0v) is 22.7. The van der Waals surface area contributed by atoms with Gasteiger partial charge >= 0.3 is 0 Å². The van der Waals surface area contributed by atoms with Crippen LogP contribution in [-0.4, -0.2) is 45.0 Å². The van der Waals surface area contributed by atoms with Crippen LogP contribution in [-0.2, 0) is 9.59 Å². The topological polar surface area (TPSA) is 127 Å². The van der Waals surface area contributed by atoms with Crippen molar-refractivity contribution in [1.29, 1.82) is 0 Å². The van der Waals surface area contributed by atoms with Gasteiger partial charge in [0, 0.05) is 23.3 Å². The van der Waals surface area contributed by atoms with Gasteiger partial charge in [0.1, 0.15) is 18.0 Å². The summed E-state index contributed by atoms with van der Waals surface area (Å²) in [6.45, 7) is -0.591. The van der Waals surface area contributed by atoms with Crippen molar-refractivity contribution in [1.82, 2.24) is 10.0 Å². The van der Waals surface area contributed by atoms with Gasteiger partial charge in [-0.2, -0.15) is 5.01 Å². The summed E-state index contributed by atoms with van der Waals surface area (Å²) in [6, 6.07) is 15.6. The van der Waals surface area contributed by atoms with Crippen molar-refractivity contribution in [2.24, 2.45) is 11.8 Å². The molecule has 1 fully saturated rings. The molecule has 1 aliphatic heterocycles. The Morgan fingerprint density at radius 3 is 1.93 bits per heavy atom. The van der Waals surface area contributed by atoms with E-state index in [-0.39, 0.29) is 26.9 Å². The first kappa shape index (κ1) is 28.0. The van der Waals surface area contributed by atoms with Crippen LogP contribution in [0.4, 0.5) is 5.69 Å². The molecule has 3 amide bonds. The standard InChI is InChI=1S/C29H21Cl2N3O7/c30-24-14-7-18(15-25(24)31)27(36)32(33-28(37)22-3-1-2-4-23(22)29(33)38)16-26(35)17-5-10-20(11-6-17)41-21-12-8-19(9-13-21)34(39)40/h1-2,5-15,22-23H,3-4,16H2/t22-,23+. The first-order valence-electron chi connectivity index (χ1n) is 12.5. The second kappa shape index (κ2) is 11.5. The van der Waals surface area contributed by atoms with Crippen LogP contribution in [0.1, 0.15) is 33.6 Å². The lowest BCUT2D eigenvalue weighted by Crippen LogP contribution is -2.52. The highest BCUT2D eigenvalue weighted by Crippen LogP contribution is 2.36. The van der Waals surface area contributed by atoms with Crippen molar-refractivity contribution in [2.45, 2.75) is 12.8 Å². The smallest absolute Gasteiger partial charge is 0.273 e. The number of hydrazine groups is 1. The Bertz CT molecular complexity index is 1560. The fourth-order valence-electron chi connectivity index (χ4n) is 4.74. The minimum Gasteiger partial charge on any atom is -0.457 e. The van der Waals surface area contributed by atoms with Crippen LogP contribution < -0.4 is 4.74 Å². The van der Waals surface area contributed by atoms with Gasteiger partial charge in [-0.05, 0) is 67.4 Å². The van der Waals surface area contributed by atoms with Crippen molar-refractivity contribution in [3.05, 3.63) is 110 Å². The van der Waals surface area contributed by atoms with Crippen LogP contribution in [0, 0.1) is 22.0 Å². The molecule has 2 aliphatic rings. The van der Waals surface area contributed by atoms with Crippen molar-refractivity contribution < 1.29 is 28.8 Å². The average Bonchev–Trinajstić information content (AvgIpc) is 3.22. The Kier molecular flexibility index (Phi) is 7.87. The van der Waals surface area contributed by atoms with Gasteiger partial charge in [-0.3, -0.25) is 29.3 Å². The van der Waals surface area contributed by atoms with Crippen LogP contribution in [0.2, 0.25) is 10.0 Å². The molecule has 0 spiro atoms. The lowest BCUT2D eigenvalue weighted by Gasteiger charge is -2.30. The second-order valence-electron chi connectivity index (χ2n) is 9.44. The number of ketones is 1. The zero-order valence-electron chi connectivity index (χ0n) is 21.2. The van der Waals surface area contributed by atoms with E-state index in [4.69, 9.17) is 27.9 Å². The maximum Gasteiger partial charge on any atom is 0.273 e. The molecule has 3 aromatic rings. The summed E-state index contributed by atoms with van der Waals surface area (Å²) >= 11 is 12.1. The number of allylic oxidation sites excluding steroid dienone is 2. The molecule has 0 aromatic heterocycles. The first-order valence-corrected chi connectivity index (χ1v) is 13.2. The average molecular weight is 594 g/mol. The van der Waals surface area contributed by atoms with E-state index in [1.165, 1.54) is 66.7 Å². The monoisotopic (exact) mass is 593 g/mol. The molecule has 0 N–H and O–H groups in total. The summed E-state index contributed by atoms with van der Waals surface area (Å²) in [6.07, 6.45) is 4.38. The maximum atomic E-state index is 13.6. The van der Waals surface area contributed by atoms with E-state index < -0.39 is 46.8 Å². The molecule has 5 rings (SSSR count). The number of fused-ring (bicyclic) bond motifs is 1. The Hall–Kier alpha value is -4.54. The molecule has 1 heterocycles. The second-order valence-corrected chi connectivity index (χ2v) is 10.3. The Morgan fingerprint density at radius 1 is 0.854 bits per heavy atom. The summed E-state index contributed by atoms with van der Waals surface area (Å²) < 4.78 is 5.68. The predicted octanol–water partition coefficient (Wildman–Crippen LogP) is 5.89. The van der Waals surface area contributed by atoms with Crippen LogP contribution in [0.5, 0.6) is 11.5 Å². The molecule has 2 atom stereocenters. The number of amides is 3. The van der Waals surface area contributed by atoms with Gasteiger partial charge in [0.15, 0.2) is 5.78 Å². The third-order valence-corrected chi connectivity index (χ3v) is 7.62. The SMILES string of the molecule is O=C(CN(C(=O)c1ccc(Cl)c(Cl)c1)N1C(=O)[C@H]2CC=CC[C@H]2C1=O)c1ccc(Oc2ccc([N+](=O)[O-])cc2)cc1. The molecule has 1 saturated heterocycles. The predicted molar refractivity (Wildman–Crippen MR) is 149 cm³/mol. The normalized spacial score (nSPS) is 17.8. The number of Topliss-reactive ketones (excluding diaryl/α,β-unsaturated/α-hetero) is 1. The van der Waals surface area contributed by atoms with Crippen molar-refractivity contribution in [3.63, 3.8) is 0 Å². The lowest BCUT2D eigenvalue weighted by molar-refractivity contribution is -0.384. The van der Waals surface area contributed by atoms with Gasteiger partial charge < -0.3 is 4.74 Å². The maximum absolute atomic E-state index is 13.6. The molecule has 0 bridgehead atoms. The number of hydrogen-bond donors (Lipinski definition) is 0. The van der Waals surface area contributed by atoms with E-state index in [0.29, 0.717) is 24.3 Å². The van der Waals surface area contributed by atoms with Crippen LogP contribution in [0.15, 0.2) is 78.9 Å². The summed E-state index contributed by atoms with van der Waals surface area (Å²) in [5, 5.41) is 12.8. The molecule has 0 radical (unpaired) electrons. The van der Waals surface area contributed by atoms with Crippen molar-refractivity contribution >= 4 is 52.4 Å². The molecular weight excluding hydrogens is 573 g/mol. The third-order valence-electron chi connectivity index (χ3n) is 6.88. The van der Waals surface area contributed by atoms with E-state index in [0.717, 1.165) is 10.0 Å². The number of hydrogen-bond acceptors (Lipinski definition) is 7. The molecule has 1 aliphatic carbocycles. The number of nitro groups is 1. The summed E-state index contributed by atoms with van der Waals surface area (Å²) in [5.74, 6) is -2.88. The quantitative estimate of drug-likeness (QED) is 0.105. The molecule has 0 saturated carbocycles. The fourth-order valence-corrected chi connectivity index (χ4v) is 5.04. The number of carbonyl (C=O) groups excluding carboxylic acids is 4. The molecule has 3 aromatic carbocycles. The van der Waals surface area contributed by atoms with Gasteiger partial charge in [-0.25, -0.2) is 5.01 Å². The molecule has 10 nitrogen and oxygen atoms in total. The van der Waals surface area contributed by atoms with Crippen LogP contribution in [0.3, 0.4) is 0 Å². The van der Waals surface area contributed by atoms with Gasteiger partial charge in [-0.15, -0.1) is 0 Å². The molecular formula is C29H21Cl2N3O7. The van der Waals surface area contributed by atoms with Gasteiger partial charge in [0.25, 0.3) is 23.4 Å². The number of non-ortho nitro benzene ring substituents is 1. The first-order chi connectivity index (χ1) is 19.6. The highest BCUT2D eigenvalue weighted by molar-refractivity contribution is 6.42. The largest absolute Gasteiger partial charge is 0.457 e. The lowest BCUT2D eigenvalue weighted by atomic mass is 9.85. The molecule has 0 unspecified atom stereocenters. The minimum absolute atomic E-state index is 0.0487. The highest BCUT2D eigenvalue weighted by atomic mass is 35.5.